The van der Waals surface area contributed by atoms with Crippen molar-refractivity contribution in [2.24, 2.45) is 0 Å². The van der Waals surface area contributed by atoms with Gasteiger partial charge in [-0.25, -0.2) is 0 Å². The molecule has 2 aliphatic rings. The molecule has 104 valence electrons. The molecule has 1 heterocycles. The molecule has 0 aromatic heterocycles. The Morgan fingerprint density at radius 2 is 2.00 bits per heavy atom. The van der Waals surface area contributed by atoms with E-state index in [1.807, 2.05) is 12.1 Å². The van der Waals surface area contributed by atoms with Gasteiger partial charge in [-0.1, -0.05) is 42.6 Å². The third kappa shape index (κ3) is 2.67. The number of rotatable bonds is 2. The van der Waals surface area contributed by atoms with Gasteiger partial charge in [0.05, 0.1) is 0 Å². The average molecular weight is 279 g/mol. The number of nitrogens with zero attached hydrogens (tertiary/aromatic N) is 1. The molecular weight excluding hydrogens is 256 g/mol. The molecule has 1 spiro atoms. The minimum Gasteiger partial charge on any atom is -0.309 e. The van der Waals surface area contributed by atoms with Gasteiger partial charge >= 0.3 is 0 Å². The summed E-state index contributed by atoms with van der Waals surface area (Å²) in [5.41, 5.74) is 1.65. The van der Waals surface area contributed by atoms with Crippen LogP contribution in [-0.4, -0.2) is 30.1 Å². The van der Waals surface area contributed by atoms with Crippen molar-refractivity contribution in [3.63, 3.8) is 0 Å². The molecule has 0 bridgehead atoms. The molecule has 1 unspecified atom stereocenters. The zero-order valence-electron chi connectivity index (χ0n) is 11.7. The first-order valence-corrected chi connectivity index (χ1v) is 7.82. The van der Waals surface area contributed by atoms with E-state index in [2.05, 4.69) is 29.3 Å². The van der Waals surface area contributed by atoms with Crippen molar-refractivity contribution >= 4 is 11.6 Å². The molecular formula is C16H23ClN2. The van der Waals surface area contributed by atoms with Gasteiger partial charge in [-0.2, -0.15) is 0 Å². The second-order valence-electron chi connectivity index (χ2n) is 6.08. The second-order valence-corrected chi connectivity index (χ2v) is 6.49. The number of nitrogens with one attached hydrogen (secondary N) is 1. The van der Waals surface area contributed by atoms with Gasteiger partial charge in [0, 0.05) is 36.2 Å². The fraction of sp³-hybridized carbons (Fsp3) is 0.625. The Balaban J connectivity index is 1.76. The van der Waals surface area contributed by atoms with Crippen molar-refractivity contribution < 1.29 is 0 Å². The third-order valence-electron chi connectivity index (χ3n) is 4.87. The summed E-state index contributed by atoms with van der Waals surface area (Å²) in [5, 5.41) is 4.67. The van der Waals surface area contributed by atoms with Crippen molar-refractivity contribution in [1.82, 2.24) is 10.2 Å². The molecule has 1 N–H and O–H groups in total. The van der Waals surface area contributed by atoms with Crippen LogP contribution >= 0.6 is 11.6 Å². The number of hydrogen-bond acceptors (Lipinski definition) is 2. The molecule has 3 heteroatoms. The maximum absolute atomic E-state index is 6.35. The third-order valence-corrected chi connectivity index (χ3v) is 5.21. The van der Waals surface area contributed by atoms with E-state index in [1.54, 1.807) is 0 Å². The van der Waals surface area contributed by atoms with E-state index in [1.165, 1.54) is 37.8 Å². The van der Waals surface area contributed by atoms with E-state index in [4.69, 9.17) is 11.6 Å². The van der Waals surface area contributed by atoms with E-state index in [0.29, 0.717) is 11.6 Å². The van der Waals surface area contributed by atoms with E-state index in [9.17, 15) is 0 Å². The first kappa shape index (κ1) is 13.4. The number of piperazine rings is 1. The Hall–Kier alpha value is -0.570. The highest BCUT2D eigenvalue weighted by Crippen LogP contribution is 2.35. The molecule has 0 amide bonds. The van der Waals surface area contributed by atoms with Gasteiger partial charge in [-0.05, 0) is 31.4 Å². The van der Waals surface area contributed by atoms with Crippen LogP contribution in [-0.2, 0) is 0 Å². The molecule has 1 saturated carbocycles. The Labute approximate surface area is 121 Å². The van der Waals surface area contributed by atoms with Crippen LogP contribution in [0.4, 0.5) is 0 Å². The zero-order chi connectivity index (χ0) is 13.3. The van der Waals surface area contributed by atoms with E-state index < -0.39 is 0 Å². The number of benzene rings is 1. The lowest BCUT2D eigenvalue weighted by Crippen LogP contribution is -2.59. The zero-order valence-corrected chi connectivity index (χ0v) is 12.4. The Morgan fingerprint density at radius 3 is 2.74 bits per heavy atom. The molecule has 2 nitrogen and oxygen atoms in total. The van der Waals surface area contributed by atoms with Crippen LogP contribution in [0, 0.1) is 0 Å². The van der Waals surface area contributed by atoms with Crippen LogP contribution in [0.25, 0.3) is 0 Å². The lowest BCUT2D eigenvalue weighted by atomic mass is 9.93. The van der Waals surface area contributed by atoms with Crippen LogP contribution in [0.2, 0.25) is 5.02 Å². The van der Waals surface area contributed by atoms with Gasteiger partial charge < -0.3 is 5.32 Å². The van der Waals surface area contributed by atoms with Crippen LogP contribution in [0.3, 0.4) is 0 Å². The molecule has 2 fully saturated rings. The lowest BCUT2D eigenvalue weighted by Gasteiger charge is -2.44. The summed E-state index contributed by atoms with van der Waals surface area (Å²) in [7, 11) is 0. The standard InChI is InChI=1S/C16H23ClN2/c1-13(14-6-2-3-7-15(14)17)19-11-10-18-16(12-19)8-4-5-9-16/h2-3,6-7,13,18H,4-5,8-12H2,1H3. The van der Waals surface area contributed by atoms with Gasteiger partial charge in [-0.3, -0.25) is 4.90 Å². The summed E-state index contributed by atoms with van der Waals surface area (Å²) in [6.07, 6.45) is 5.42. The fourth-order valence-electron chi connectivity index (χ4n) is 3.72. The summed E-state index contributed by atoms with van der Waals surface area (Å²) < 4.78 is 0. The Bertz CT molecular complexity index is 440. The normalized spacial score (nSPS) is 24.7. The maximum atomic E-state index is 6.35. The van der Waals surface area contributed by atoms with Gasteiger partial charge in [0.1, 0.15) is 0 Å². The van der Waals surface area contributed by atoms with Crippen LogP contribution in [0.5, 0.6) is 0 Å². The lowest BCUT2D eigenvalue weighted by molar-refractivity contribution is 0.101. The molecule has 3 rings (SSSR count). The molecule has 1 aromatic carbocycles. The first-order valence-electron chi connectivity index (χ1n) is 7.44. The topological polar surface area (TPSA) is 15.3 Å². The van der Waals surface area contributed by atoms with Crippen LogP contribution in [0.1, 0.15) is 44.2 Å². The molecule has 19 heavy (non-hydrogen) atoms. The van der Waals surface area contributed by atoms with Crippen LogP contribution < -0.4 is 5.32 Å². The minimum atomic E-state index is 0.383. The summed E-state index contributed by atoms with van der Waals surface area (Å²) in [5.74, 6) is 0. The van der Waals surface area contributed by atoms with Crippen molar-refractivity contribution in [2.75, 3.05) is 19.6 Å². The van der Waals surface area contributed by atoms with Gasteiger partial charge in [0.25, 0.3) is 0 Å². The van der Waals surface area contributed by atoms with E-state index in [0.717, 1.165) is 18.1 Å². The summed E-state index contributed by atoms with van der Waals surface area (Å²) in [6.45, 7) is 5.68. The molecule has 1 saturated heterocycles. The summed E-state index contributed by atoms with van der Waals surface area (Å²) >= 11 is 6.35. The minimum absolute atomic E-state index is 0.383. The van der Waals surface area contributed by atoms with Gasteiger partial charge in [0.15, 0.2) is 0 Å². The predicted octanol–water partition coefficient (Wildman–Crippen LogP) is 3.62. The van der Waals surface area contributed by atoms with Gasteiger partial charge in [0.2, 0.25) is 0 Å². The highest BCUT2D eigenvalue weighted by Gasteiger charge is 2.38. The Morgan fingerprint density at radius 1 is 1.26 bits per heavy atom. The van der Waals surface area contributed by atoms with E-state index >= 15 is 0 Å². The second kappa shape index (κ2) is 5.43. The molecule has 1 atom stereocenters. The summed E-state index contributed by atoms with van der Waals surface area (Å²) in [4.78, 5) is 2.60. The summed E-state index contributed by atoms with van der Waals surface area (Å²) in [6, 6.07) is 8.67. The SMILES string of the molecule is CC(c1ccccc1Cl)N1CCNC2(CCCC2)C1. The highest BCUT2D eigenvalue weighted by atomic mass is 35.5. The largest absolute Gasteiger partial charge is 0.309 e. The molecule has 0 radical (unpaired) electrons. The molecule has 1 aliphatic heterocycles. The predicted molar refractivity (Wildman–Crippen MR) is 80.6 cm³/mol. The number of hydrogen-bond donors (Lipinski definition) is 1. The van der Waals surface area contributed by atoms with Crippen molar-refractivity contribution in [2.45, 2.75) is 44.2 Å². The van der Waals surface area contributed by atoms with E-state index in [-0.39, 0.29) is 0 Å². The smallest absolute Gasteiger partial charge is 0.0453 e. The monoisotopic (exact) mass is 278 g/mol. The van der Waals surface area contributed by atoms with Crippen molar-refractivity contribution in [3.8, 4) is 0 Å². The highest BCUT2D eigenvalue weighted by molar-refractivity contribution is 6.31. The number of halogens is 1. The first-order chi connectivity index (χ1) is 9.20. The fourth-order valence-corrected chi connectivity index (χ4v) is 4.01. The average Bonchev–Trinajstić information content (AvgIpc) is 2.86. The maximum Gasteiger partial charge on any atom is 0.0453 e. The molecule has 1 aliphatic carbocycles. The van der Waals surface area contributed by atoms with Crippen molar-refractivity contribution in [3.05, 3.63) is 34.9 Å². The van der Waals surface area contributed by atoms with Crippen molar-refractivity contribution in [1.29, 1.82) is 0 Å². The molecule has 1 aromatic rings. The van der Waals surface area contributed by atoms with Gasteiger partial charge in [-0.15, -0.1) is 0 Å². The quantitative estimate of drug-likeness (QED) is 0.889. The Kier molecular flexibility index (Phi) is 3.84. The van der Waals surface area contributed by atoms with Crippen LogP contribution in [0.15, 0.2) is 24.3 Å².